The Morgan fingerprint density at radius 1 is 1.23 bits per heavy atom. The van der Waals surface area contributed by atoms with Crippen LogP contribution < -0.4 is 10.2 Å². The van der Waals surface area contributed by atoms with E-state index in [9.17, 15) is 9.18 Å². The first-order valence-corrected chi connectivity index (χ1v) is 8.59. The van der Waals surface area contributed by atoms with E-state index in [1.165, 1.54) is 18.2 Å². The van der Waals surface area contributed by atoms with Crippen molar-refractivity contribution < 1.29 is 13.9 Å². The number of nitrogens with zero attached hydrogens (tertiary/aromatic N) is 2. The van der Waals surface area contributed by atoms with Crippen LogP contribution in [0.25, 0.3) is 6.08 Å². The van der Waals surface area contributed by atoms with Gasteiger partial charge in [-0.25, -0.2) is 4.39 Å². The summed E-state index contributed by atoms with van der Waals surface area (Å²) in [5.41, 5.74) is 2.03. The number of carbonyl (C=O) groups is 1. The summed E-state index contributed by atoms with van der Waals surface area (Å²) in [5.74, 6) is -0.704. The number of pyridine rings is 1. The number of ether oxygens (including phenoxy) is 1. The van der Waals surface area contributed by atoms with Gasteiger partial charge in [0, 0.05) is 42.9 Å². The number of morpholine rings is 1. The van der Waals surface area contributed by atoms with Gasteiger partial charge in [-0.05, 0) is 55.8 Å². The van der Waals surface area contributed by atoms with E-state index >= 15 is 0 Å². The fourth-order valence-corrected chi connectivity index (χ4v) is 3.05. The first-order valence-electron chi connectivity index (χ1n) is 8.59. The maximum Gasteiger partial charge on any atom is 0.248 e. The molecule has 1 aliphatic heterocycles. The van der Waals surface area contributed by atoms with E-state index in [-0.39, 0.29) is 23.9 Å². The van der Waals surface area contributed by atoms with Crippen molar-refractivity contribution in [1.29, 1.82) is 0 Å². The zero-order chi connectivity index (χ0) is 18.5. The zero-order valence-electron chi connectivity index (χ0n) is 14.9. The SMILES string of the molecule is C[C@@H]1CN(c2cc(F)cc(NC(=O)/C=C/c3ccncc3)c2)C[C@H](C)O1. The molecular weight excluding hydrogens is 333 g/mol. The van der Waals surface area contributed by atoms with Gasteiger partial charge in [0.2, 0.25) is 5.91 Å². The lowest BCUT2D eigenvalue weighted by Gasteiger charge is -2.37. The molecule has 136 valence electrons. The molecule has 1 N–H and O–H groups in total. The summed E-state index contributed by atoms with van der Waals surface area (Å²) in [6, 6.07) is 8.17. The third kappa shape index (κ3) is 4.89. The lowest BCUT2D eigenvalue weighted by molar-refractivity contribution is -0.111. The van der Waals surface area contributed by atoms with Crippen LogP contribution in [0.3, 0.4) is 0 Å². The van der Waals surface area contributed by atoms with E-state index < -0.39 is 0 Å². The number of benzene rings is 1. The predicted octanol–water partition coefficient (Wildman–Crippen LogP) is 3.49. The van der Waals surface area contributed by atoms with E-state index in [1.54, 1.807) is 36.7 Å². The molecule has 2 heterocycles. The molecule has 0 saturated carbocycles. The van der Waals surface area contributed by atoms with Gasteiger partial charge in [-0.3, -0.25) is 9.78 Å². The number of hydrogen-bond acceptors (Lipinski definition) is 4. The Morgan fingerprint density at radius 3 is 2.62 bits per heavy atom. The molecule has 1 amide bonds. The van der Waals surface area contributed by atoms with Crippen molar-refractivity contribution in [2.24, 2.45) is 0 Å². The highest BCUT2D eigenvalue weighted by Crippen LogP contribution is 2.25. The lowest BCUT2D eigenvalue weighted by atomic mass is 10.2. The van der Waals surface area contributed by atoms with Gasteiger partial charge in [-0.15, -0.1) is 0 Å². The third-order valence-electron chi connectivity index (χ3n) is 4.07. The molecule has 1 aliphatic rings. The van der Waals surface area contributed by atoms with Crippen molar-refractivity contribution in [2.75, 3.05) is 23.3 Å². The van der Waals surface area contributed by atoms with Crippen LogP contribution >= 0.6 is 0 Å². The quantitative estimate of drug-likeness (QED) is 0.853. The molecule has 0 radical (unpaired) electrons. The van der Waals surface area contributed by atoms with Crippen molar-refractivity contribution in [3.63, 3.8) is 0 Å². The molecule has 1 aromatic heterocycles. The number of rotatable bonds is 4. The Hall–Kier alpha value is -2.73. The summed E-state index contributed by atoms with van der Waals surface area (Å²) in [6.45, 7) is 5.36. The summed E-state index contributed by atoms with van der Waals surface area (Å²) in [5, 5.41) is 2.72. The molecule has 0 bridgehead atoms. The molecule has 2 atom stereocenters. The number of carbonyl (C=O) groups excluding carboxylic acids is 1. The van der Waals surface area contributed by atoms with E-state index in [2.05, 4.69) is 15.2 Å². The minimum absolute atomic E-state index is 0.0726. The van der Waals surface area contributed by atoms with Crippen molar-refractivity contribution in [3.05, 3.63) is 60.2 Å². The first-order chi connectivity index (χ1) is 12.5. The molecule has 3 rings (SSSR count). The third-order valence-corrected chi connectivity index (χ3v) is 4.07. The highest BCUT2D eigenvalue weighted by atomic mass is 19.1. The van der Waals surface area contributed by atoms with Gasteiger partial charge in [-0.1, -0.05) is 0 Å². The van der Waals surface area contributed by atoms with Gasteiger partial charge in [-0.2, -0.15) is 0 Å². The van der Waals surface area contributed by atoms with Crippen LogP contribution in [-0.2, 0) is 9.53 Å². The maximum atomic E-state index is 14.0. The normalized spacial score (nSPS) is 20.3. The molecule has 5 nitrogen and oxygen atoms in total. The van der Waals surface area contributed by atoms with Crippen molar-refractivity contribution in [1.82, 2.24) is 4.98 Å². The Labute approximate surface area is 152 Å². The number of anilines is 2. The average Bonchev–Trinajstić information content (AvgIpc) is 2.59. The summed E-state index contributed by atoms with van der Waals surface area (Å²) in [6.07, 6.45) is 6.55. The van der Waals surface area contributed by atoms with Gasteiger partial charge < -0.3 is 15.0 Å². The van der Waals surface area contributed by atoms with Crippen molar-refractivity contribution in [2.45, 2.75) is 26.1 Å². The average molecular weight is 355 g/mol. The van der Waals surface area contributed by atoms with E-state index in [0.717, 1.165) is 11.3 Å². The second kappa shape index (κ2) is 8.10. The zero-order valence-corrected chi connectivity index (χ0v) is 14.9. The van der Waals surface area contributed by atoms with Gasteiger partial charge in [0.25, 0.3) is 0 Å². The fraction of sp³-hybridized carbons (Fsp3) is 0.300. The van der Waals surface area contributed by atoms with Gasteiger partial charge in [0.05, 0.1) is 12.2 Å². The van der Waals surface area contributed by atoms with Crippen LogP contribution in [-0.4, -0.2) is 36.2 Å². The van der Waals surface area contributed by atoms with Crippen LogP contribution in [0.4, 0.5) is 15.8 Å². The second-order valence-corrected chi connectivity index (χ2v) is 6.46. The number of nitrogens with one attached hydrogen (secondary N) is 1. The molecule has 1 saturated heterocycles. The minimum atomic E-state index is -0.386. The highest BCUT2D eigenvalue weighted by Gasteiger charge is 2.23. The second-order valence-electron chi connectivity index (χ2n) is 6.46. The molecule has 1 fully saturated rings. The van der Waals surface area contributed by atoms with Crippen LogP contribution in [0, 0.1) is 5.82 Å². The van der Waals surface area contributed by atoms with Crippen molar-refractivity contribution >= 4 is 23.4 Å². The smallest absolute Gasteiger partial charge is 0.248 e. The van der Waals surface area contributed by atoms with Crippen LogP contribution in [0.5, 0.6) is 0 Å². The van der Waals surface area contributed by atoms with Crippen molar-refractivity contribution in [3.8, 4) is 0 Å². The molecule has 26 heavy (non-hydrogen) atoms. The first kappa shape index (κ1) is 18.1. The van der Waals surface area contributed by atoms with E-state index in [1.807, 2.05) is 13.8 Å². The van der Waals surface area contributed by atoms with Crippen LogP contribution in [0.15, 0.2) is 48.8 Å². The monoisotopic (exact) mass is 355 g/mol. The lowest BCUT2D eigenvalue weighted by Crippen LogP contribution is -2.45. The topological polar surface area (TPSA) is 54.5 Å². The Balaban J connectivity index is 1.71. The molecule has 2 aromatic rings. The molecule has 0 spiro atoms. The molecule has 6 heteroatoms. The Morgan fingerprint density at radius 2 is 1.92 bits per heavy atom. The Bertz CT molecular complexity index is 785. The summed E-state index contributed by atoms with van der Waals surface area (Å²) < 4.78 is 19.8. The predicted molar refractivity (Wildman–Crippen MR) is 101 cm³/mol. The standard InChI is InChI=1S/C20H22FN3O2/c1-14-12-24(13-15(2)26-14)19-10-17(21)9-18(11-19)23-20(25)4-3-16-5-7-22-8-6-16/h3-11,14-15H,12-13H2,1-2H3,(H,23,25)/b4-3+/t14-,15+. The summed E-state index contributed by atoms with van der Waals surface area (Å²) in [4.78, 5) is 18.1. The highest BCUT2D eigenvalue weighted by molar-refractivity contribution is 6.02. The van der Waals surface area contributed by atoms with Crippen LogP contribution in [0.2, 0.25) is 0 Å². The minimum Gasteiger partial charge on any atom is -0.372 e. The molecule has 0 aliphatic carbocycles. The molecule has 0 unspecified atom stereocenters. The molecule has 1 aromatic carbocycles. The van der Waals surface area contributed by atoms with E-state index in [0.29, 0.717) is 18.8 Å². The van der Waals surface area contributed by atoms with Crippen LogP contribution in [0.1, 0.15) is 19.4 Å². The number of halogens is 1. The molecular formula is C20H22FN3O2. The van der Waals surface area contributed by atoms with Gasteiger partial charge >= 0.3 is 0 Å². The summed E-state index contributed by atoms with van der Waals surface area (Å²) in [7, 11) is 0. The largest absolute Gasteiger partial charge is 0.372 e. The number of hydrogen-bond donors (Lipinski definition) is 1. The number of aromatic nitrogens is 1. The van der Waals surface area contributed by atoms with Gasteiger partial charge in [0.1, 0.15) is 5.82 Å². The van der Waals surface area contributed by atoms with E-state index in [4.69, 9.17) is 4.74 Å². The fourth-order valence-electron chi connectivity index (χ4n) is 3.05. The van der Waals surface area contributed by atoms with Gasteiger partial charge in [0.15, 0.2) is 0 Å². The number of amides is 1. The Kier molecular flexibility index (Phi) is 5.63. The summed E-state index contributed by atoms with van der Waals surface area (Å²) >= 11 is 0. The maximum absolute atomic E-state index is 14.0.